The van der Waals surface area contributed by atoms with Gasteiger partial charge in [-0.1, -0.05) is 6.07 Å². The summed E-state index contributed by atoms with van der Waals surface area (Å²) in [7, 11) is 0. The van der Waals surface area contributed by atoms with Gasteiger partial charge in [-0.2, -0.15) is 0 Å². The SMILES string of the molecule is O=C(O)c1ccc(-c2c(F)c(F)c(F)c(F)c2F)c(F)c1. The minimum atomic E-state index is -2.36. The van der Waals surface area contributed by atoms with Crippen LogP contribution in [0.1, 0.15) is 10.4 Å². The van der Waals surface area contributed by atoms with Crippen molar-refractivity contribution >= 4 is 5.97 Å². The lowest BCUT2D eigenvalue weighted by Crippen LogP contribution is -2.05. The first-order valence-corrected chi connectivity index (χ1v) is 5.30. The van der Waals surface area contributed by atoms with E-state index in [1.54, 1.807) is 0 Å². The van der Waals surface area contributed by atoms with Gasteiger partial charge in [0.25, 0.3) is 0 Å². The number of hydrogen-bond acceptors (Lipinski definition) is 1. The molecule has 0 saturated carbocycles. The summed E-state index contributed by atoms with van der Waals surface area (Å²) in [5.41, 5.74) is -2.94. The third-order valence-electron chi connectivity index (χ3n) is 2.70. The van der Waals surface area contributed by atoms with Crippen molar-refractivity contribution in [3.8, 4) is 11.1 Å². The topological polar surface area (TPSA) is 37.3 Å². The van der Waals surface area contributed by atoms with Gasteiger partial charge < -0.3 is 5.11 Å². The van der Waals surface area contributed by atoms with E-state index in [0.29, 0.717) is 12.1 Å². The third-order valence-corrected chi connectivity index (χ3v) is 2.70. The van der Waals surface area contributed by atoms with E-state index in [0.717, 1.165) is 6.07 Å². The molecule has 0 unspecified atom stereocenters. The molecule has 2 nitrogen and oxygen atoms in total. The van der Waals surface area contributed by atoms with Crippen LogP contribution in [0.15, 0.2) is 18.2 Å². The molecule has 0 atom stereocenters. The van der Waals surface area contributed by atoms with Crippen LogP contribution >= 0.6 is 0 Å². The van der Waals surface area contributed by atoms with Crippen molar-refractivity contribution in [1.82, 2.24) is 0 Å². The van der Waals surface area contributed by atoms with E-state index in [-0.39, 0.29) is 0 Å². The number of carboxylic acids is 1. The van der Waals surface area contributed by atoms with Crippen molar-refractivity contribution in [3.63, 3.8) is 0 Å². The number of carbonyl (C=O) groups is 1. The lowest BCUT2D eigenvalue weighted by Gasteiger charge is -2.09. The van der Waals surface area contributed by atoms with Crippen LogP contribution in [0.5, 0.6) is 0 Å². The minimum Gasteiger partial charge on any atom is -0.478 e. The molecule has 0 radical (unpaired) electrons. The molecule has 0 heterocycles. The Labute approximate surface area is 113 Å². The molecule has 2 aromatic carbocycles. The highest BCUT2D eigenvalue weighted by molar-refractivity contribution is 5.88. The molecule has 21 heavy (non-hydrogen) atoms. The van der Waals surface area contributed by atoms with Crippen molar-refractivity contribution < 1.29 is 36.2 Å². The summed E-state index contributed by atoms with van der Waals surface area (Å²) in [6, 6.07) is 1.81. The highest BCUT2D eigenvalue weighted by atomic mass is 19.2. The second-order valence-corrected chi connectivity index (χ2v) is 3.94. The van der Waals surface area contributed by atoms with Crippen molar-refractivity contribution in [3.05, 3.63) is 58.7 Å². The Bertz CT molecular complexity index is 728. The van der Waals surface area contributed by atoms with Gasteiger partial charge in [-0.05, 0) is 12.1 Å². The van der Waals surface area contributed by atoms with Gasteiger partial charge in [0, 0.05) is 5.56 Å². The van der Waals surface area contributed by atoms with E-state index in [1.165, 1.54) is 0 Å². The molecule has 0 saturated heterocycles. The normalized spacial score (nSPS) is 10.8. The average molecular weight is 306 g/mol. The van der Waals surface area contributed by atoms with Crippen molar-refractivity contribution in [2.24, 2.45) is 0 Å². The summed E-state index contributed by atoms with van der Waals surface area (Å²) in [5.74, 6) is -14.1. The lowest BCUT2D eigenvalue weighted by molar-refractivity contribution is 0.0696. The summed E-state index contributed by atoms with van der Waals surface area (Å²) in [4.78, 5) is 10.6. The standard InChI is InChI=1S/C13H4F6O2/c14-6-3-4(13(20)21)1-2-5(6)7-8(15)10(17)12(19)11(18)9(7)16/h1-3H,(H,20,21). The van der Waals surface area contributed by atoms with E-state index >= 15 is 0 Å². The number of halogens is 6. The number of carboxylic acid groups (broad SMARTS) is 1. The molecule has 0 fully saturated rings. The first-order chi connectivity index (χ1) is 9.75. The Morgan fingerprint density at radius 1 is 0.810 bits per heavy atom. The molecule has 1 N–H and O–H groups in total. The average Bonchev–Trinajstić information content (AvgIpc) is 2.44. The predicted octanol–water partition coefficient (Wildman–Crippen LogP) is 3.89. The third kappa shape index (κ3) is 2.32. The Morgan fingerprint density at radius 2 is 1.29 bits per heavy atom. The molecule has 0 aliphatic rings. The van der Waals surface area contributed by atoms with Crippen molar-refractivity contribution in [1.29, 1.82) is 0 Å². The summed E-state index contributed by atoms with van der Waals surface area (Å²) in [6.07, 6.45) is 0. The van der Waals surface area contributed by atoms with E-state index in [4.69, 9.17) is 5.11 Å². The van der Waals surface area contributed by atoms with Crippen LogP contribution in [0.4, 0.5) is 26.3 Å². The number of benzene rings is 2. The fourth-order valence-electron chi connectivity index (χ4n) is 1.69. The van der Waals surface area contributed by atoms with Gasteiger partial charge in [-0.25, -0.2) is 31.1 Å². The highest BCUT2D eigenvalue weighted by Gasteiger charge is 2.28. The van der Waals surface area contributed by atoms with Crippen LogP contribution in [0.2, 0.25) is 0 Å². The van der Waals surface area contributed by atoms with Gasteiger partial charge in [0.1, 0.15) is 5.82 Å². The highest BCUT2D eigenvalue weighted by Crippen LogP contribution is 2.33. The monoisotopic (exact) mass is 306 g/mol. The van der Waals surface area contributed by atoms with Crippen LogP contribution in [0, 0.1) is 34.9 Å². The predicted molar refractivity (Wildman–Crippen MR) is 58.6 cm³/mol. The van der Waals surface area contributed by atoms with Crippen LogP contribution in [-0.2, 0) is 0 Å². The fraction of sp³-hybridized carbons (Fsp3) is 0. The number of aromatic carboxylic acids is 1. The molecule has 0 spiro atoms. The first-order valence-electron chi connectivity index (χ1n) is 5.30. The molecule has 2 aromatic rings. The van der Waals surface area contributed by atoms with Gasteiger partial charge >= 0.3 is 5.97 Å². The molecule has 0 aliphatic carbocycles. The molecule has 0 aromatic heterocycles. The Balaban J connectivity index is 2.77. The fourth-order valence-corrected chi connectivity index (χ4v) is 1.69. The zero-order valence-corrected chi connectivity index (χ0v) is 9.86. The Morgan fingerprint density at radius 3 is 1.71 bits per heavy atom. The quantitative estimate of drug-likeness (QED) is 0.519. The van der Waals surface area contributed by atoms with Crippen LogP contribution in [0.25, 0.3) is 11.1 Å². The van der Waals surface area contributed by atoms with Crippen molar-refractivity contribution in [2.45, 2.75) is 0 Å². The van der Waals surface area contributed by atoms with Crippen LogP contribution in [-0.4, -0.2) is 11.1 Å². The van der Waals surface area contributed by atoms with Gasteiger partial charge in [0.15, 0.2) is 23.3 Å². The Hall–Kier alpha value is -2.51. The smallest absolute Gasteiger partial charge is 0.335 e. The molecule has 0 aliphatic heterocycles. The summed E-state index contributed by atoms with van der Waals surface area (Å²) >= 11 is 0. The maximum absolute atomic E-state index is 13.7. The molecule has 2 rings (SSSR count). The van der Waals surface area contributed by atoms with E-state index in [9.17, 15) is 31.1 Å². The second kappa shape index (κ2) is 5.12. The zero-order valence-electron chi connectivity index (χ0n) is 9.86. The molecule has 0 amide bonds. The van der Waals surface area contributed by atoms with Gasteiger partial charge in [-0.3, -0.25) is 0 Å². The van der Waals surface area contributed by atoms with Crippen LogP contribution in [0.3, 0.4) is 0 Å². The maximum Gasteiger partial charge on any atom is 0.335 e. The van der Waals surface area contributed by atoms with E-state index < -0.39 is 57.6 Å². The molecule has 0 bridgehead atoms. The zero-order chi connectivity index (χ0) is 15.9. The van der Waals surface area contributed by atoms with E-state index in [1.807, 2.05) is 0 Å². The largest absolute Gasteiger partial charge is 0.478 e. The van der Waals surface area contributed by atoms with Crippen LogP contribution < -0.4 is 0 Å². The molecular weight excluding hydrogens is 302 g/mol. The summed E-state index contributed by atoms with van der Waals surface area (Å²) in [5, 5.41) is 8.62. The summed E-state index contributed by atoms with van der Waals surface area (Å²) in [6.45, 7) is 0. The maximum atomic E-state index is 13.7. The van der Waals surface area contributed by atoms with Crippen molar-refractivity contribution in [2.75, 3.05) is 0 Å². The minimum absolute atomic E-state index is 0.412. The Kier molecular flexibility index (Phi) is 3.63. The molecular formula is C13H4F6O2. The second-order valence-electron chi connectivity index (χ2n) is 3.94. The van der Waals surface area contributed by atoms with Gasteiger partial charge in [-0.15, -0.1) is 0 Å². The molecule has 110 valence electrons. The lowest BCUT2D eigenvalue weighted by atomic mass is 10.0. The van der Waals surface area contributed by atoms with E-state index in [2.05, 4.69) is 0 Å². The molecule has 8 heteroatoms. The first kappa shape index (κ1) is 14.9. The number of hydrogen-bond donors (Lipinski definition) is 1. The van der Waals surface area contributed by atoms with Gasteiger partial charge in [0.05, 0.1) is 11.1 Å². The number of rotatable bonds is 2. The van der Waals surface area contributed by atoms with Gasteiger partial charge in [0.2, 0.25) is 5.82 Å². The summed E-state index contributed by atoms with van der Waals surface area (Å²) < 4.78 is 79.7.